The summed E-state index contributed by atoms with van der Waals surface area (Å²) in [6, 6.07) is 9.10. The highest BCUT2D eigenvalue weighted by Crippen LogP contribution is 2.17. The number of rotatable bonds is 9. The molecule has 0 unspecified atom stereocenters. The molecule has 2 aromatic heterocycles. The minimum Gasteiger partial charge on any atom is -0.491 e. The summed E-state index contributed by atoms with van der Waals surface area (Å²) in [7, 11) is 2.93. The zero-order valence-corrected chi connectivity index (χ0v) is 16.4. The maximum Gasteiger partial charge on any atom is 0.332 e. The standard InChI is InChI=1S/C19H25N5O5/c1-22-16-15(17(27)23(2)19(22)28)24(18(21-16)20-9-6-10-25)11-13(26)12-29-14-7-4-3-5-8-14/h3-5,7-8,13,25-26H,6,9-12H2,1-2H3,(H,20,21)/t13-/m0/s1. The van der Waals surface area contributed by atoms with Crippen molar-refractivity contribution in [1.29, 1.82) is 0 Å². The van der Waals surface area contributed by atoms with Crippen LogP contribution >= 0.6 is 0 Å². The number of hydrogen-bond donors (Lipinski definition) is 3. The number of nitrogens with one attached hydrogen (secondary N) is 1. The van der Waals surface area contributed by atoms with Crippen LogP contribution in [0.15, 0.2) is 39.9 Å². The summed E-state index contributed by atoms with van der Waals surface area (Å²) in [4.78, 5) is 29.3. The number of anilines is 1. The highest BCUT2D eigenvalue weighted by atomic mass is 16.5. The number of aliphatic hydroxyl groups is 2. The Morgan fingerprint density at radius 1 is 1.17 bits per heavy atom. The van der Waals surface area contributed by atoms with E-state index in [1.54, 1.807) is 16.7 Å². The summed E-state index contributed by atoms with van der Waals surface area (Å²) < 4.78 is 9.43. The molecule has 3 N–H and O–H groups in total. The van der Waals surface area contributed by atoms with Crippen molar-refractivity contribution in [3.63, 3.8) is 0 Å². The van der Waals surface area contributed by atoms with Gasteiger partial charge >= 0.3 is 5.69 Å². The van der Waals surface area contributed by atoms with Crippen LogP contribution in [0.1, 0.15) is 6.42 Å². The van der Waals surface area contributed by atoms with Gasteiger partial charge in [-0.2, -0.15) is 4.98 Å². The number of aliphatic hydroxyl groups excluding tert-OH is 2. The van der Waals surface area contributed by atoms with Crippen LogP contribution in [0.3, 0.4) is 0 Å². The van der Waals surface area contributed by atoms with Crippen molar-refractivity contribution in [3.05, 3.63) is 51.2 Å². The minimum absolute atomic E-state index is 0.00101. The lowest BCUT2D eigenvalue weighted by Crippen LogP contribution is -2.38. The van der Waals surface area contributed by atoms with Gasteiger partial charge in [-0.1, -0.05) is 18.2 Å². The van der Waals surface area contributed by atoms with Crippen molar-refractivity contribution >= 4 is 17.1 Å². The average molecular weight is 403 g/mol. The van der Waals surface area contributed by atoms with Gasteiger partial charge in [-0.3, -0.25) is 13.9 Å². The molecule has 0 saturated carbocycles. The summed E-state index contributed by atoms with van der Waals surface area (Å²) in [6.07, 6.45) is -0.437. The predicted molar refractivity (Wildman–Crippen MR) is 108 cm³/mol. The maximum atomic E-state index is 12.7. The Morgan fingerprint density at radius 2 is 1.90 bits per heavy atom. The second-order valence-corrected chi connectivity index (χ2v) is 6.71. The van der Waals surface area contributed by atoms with Crippen LogP contribution in [-0.2, 0) is 20.6 Å². The number of ether oxygens (including phenoxy) is 1. The smallest absolute Gasteiger partial charge is 0.332 e. The van der Waals surface area contributed by atoms with E-state index in [0.717, 1.165) is 4.57 Å². The van der Waals surface area contributed by atoms with Crippen LogP contribution in [-0.4, -0.2) is 54.8 Å². The van der Waals surface area contributed by atoms with Gasteiger partial charge in [-0.25, -0.2) is 4.79 Å². The SMILES string of the molecule is Cn1c(=O)c2c(nc(NCCCO)n2C[C@H](O)COc2ccccc2)n(C)c1=O. The molecule has 3 rings (SSSR count). The van der Waals surface area contributed by atoms with E-state index in [1.165, 1.54) is 18.7 Å². The highest BCUT2D eigenvalue weighted by molar-refractivity contribution is 5.74. The molecule has 2 heterocycles. The zero-order valence-electron chi connectivity index (χ0n) is 16.4. The van der Waals surface area contributed by atoms with E-state index in [9.17, 15) is 14.7 Å². The number of fused-ring (bicyclic) bond motifs is 1. The number of aryl methyl sites for hydroxylation is 1. The summed E-state index contributed by atoms with van der Waals surface area (Å²) in [5.41, 5.74) is -0.551. The van der Waals surface area contributed by atoms with Gasteiger partial charge in [0.2, 0.25) is 5.95 Å². The third-order valence-electron chi connectivity index (χ3n) is 4.54. The fourth-order valence-corrected chi connectivity index (χ4v) is 3.01. The average Bonchev–Trinajstić information content (AvgIpc) is 3.08. The van der Waals surface area contributed by atoms with Crippen molar-refractivity contribution < 1.29 is 14.9 Å². The monoisotopic (exact) mass is 403 g/mol. The second kappa shape index (κ2) is 8.93. The molecule has 1 aromatic carbocycles. The van der Waals surface area contributed by atoms with Crippen molar-refractivity contribution in [1.82, 2.24) is 18.7 Å². The van der Waals surface area contributed by atoms with E-state index in [2.05, 4.69) is 10.3 Å². The summed E-state index contributed by atoms with van der Waals surface area (Å²) in [5, 5.41) is 22.6. The molecule has 0 saturated heterocycles. The van der Waals surface area contributed by atoms with Crippen LogP contribution < -0.4 is 21.3 Å². The summed E-state index contributed by atoms with van der Waals surface area (Å²) in [6.45, 7) is 0.482. The summed E-state index contributed by atoms with van der Waals surface area (Å²) in [5.74, 6) is 0.965. The first-order chi connectivity index (χ1) is 13.9. The fraction of sp³-hybridized carbons (Fsp3) is 0.421. The minimum atomic E-state index is -0.923. The molecule has 0 spiro atoms. The topological polar surface area (TPSA) is 124 Å². The first-order valence-corrected chi connectivity index (χ1v) is 9.31. The molecule has 1 atom stereocenters. The van der Waals surface area contributed by atoms with Crippen LogP contribution in [0.2, 0.25) is 0 Å². The molecule has 0 fully saturated rings. The number of imidazole rings is 1. The van der Waals surface area contributed by atoms with Crippen LogP contribution in [0, 0.1) is 0 Å². The molecule has 156 valence electrons. The van der Waals surface area contributed by atoms with Gasteiger partial charge in [-0.15, -0.1) is 0 Å². The molecular weight excluding hydrogens is 378 g/mol. The van der Waals surface area contributed by atoms with Crippen LogP contribution in [0.4, 0.5) is 5.95 Å². The number of hydrogen-bond acceptors (Lipinski definition) is 7. The Labute approximate surface area is 166 Å². The largest absolute Gasteiger partial charge is 0.491 e. The maximum absolute atomic E-state index is 12.7. The lowest BCUT2D eigenvalue weighted by atomic mass is 10.3. The van der Waals surface area contributed by atoms with Crippen molar-refractivity contribution in [3.8, 4) is 5.75 Å². The third-order valence-corrected chi connectivity index (χ3v) is 4.54. The molecule has 0 aliphatic rings. The Morgan fingerprint density at radius 3 is 2.59 bits per heavy atom. The number of nitrogens with zero attached hydrogens (tertiary/aromatic N) is 4. The molecule has 10 nitrogen and oxygen atoms in total. The van der Waals surface area contributed by atoms with Gasteiger partial charge in [0.25, 0.3) is 5.56 Å². The molecule has 3 aromatic rings. The first-order valence-electron chi connectivity index (χ1n) is 9.31. The lowest BCUT2D eigenvalue weighted by molar-refractivity contribution is 0.0938. The molecule has 29 heavy (non-hydrogen) atoms. The van der Waals surface area contributed by atoms with Crippen LogP contribution in [0.5, 0.6) is 5.75 Å². The lowest BCUT2D eigenvalue weighted by Gasteiger charge is -2.16. The van der Waals surface area contributed by atoms with E-state index < -0.39 is 17.4 Å². The second-order valence-electron chi connectivity index (χ2n) is 6.71. The van der Waals surface area contributed by atoms with E-state index in [4.69, 9.17) is 9.84 Å². The molecule has 0 aliphatic carbocycles. The first kappa shape index (κ1) is 20.6. The normalized spacial score (nSPS) is 12.3. The number of para-hydroxylation sites is 1. The van der Waals surface area contributed by atoms with E-state index in [-0.39, 0.29) is 30.9 Å². The summed E-state index contributed by atoms with van der Waals surface area (Å²) >= 11 is 0. The Hall–Kier alpha value is -3.11. The van der Waals surface area contributed by atoms with Gasteiger partial charge in [0.05, 0.1) is 6.54 Å². The van der Waals surface area contributed by atoms with Gasteiger partial charge in [0, 0.05) is 27.2 Å². The van der Waals surface area contributed by atoms with Gasteiger partial charge in [0.15, 0.2) is 11.2 Å². The Balaban J connectivity index is 1.94. The molecule has 0 aliphatic heterocycles. The zero-order chi connectivity index (χ0) is 21.0. The van der Waals surface area contributed by atoms with E-state index in [0.29, 0.717) is 24.7 Å². The fourth-order valence-electron chi connectivity index (χ4n) is 3.01. The van der Waals surface area contributed by atoms with E-state index in [1.807, 2.05) is 18.2 Å². The Bertz CT molecular complexity index is 1090. The number of aromatic nitrogens is 4. The van der Waals surface area contributed by atoms with Gasteiger partial charge in [-0.05, 0) is 18.6 Å². The van der Waals surface area contributed by atoms with Crippen LogP contribution in [0.25, 0.3) is 11.2 Å². The molecule has 0 amide bonds. The third kappa shape index (κ3) is 4.33. The number of benzene rings is 1. The van der Waals surface area contributed by atoms with Gasteiger partial charge < -0.3 is 24.8 Å². The molecule has 0 bridgehead atoms. The quantitative estimate of drug-likeness (QED) is 0.418. The highest BCUT2D eigenvalue weighted by Gasteiger charge is 2.21. The molecular formula is C19H25N5O5. The molecule has 10 heteroatoms. The van der Waals surface area contributed by atoms with Crippen molar-refractivity contribution in [2.75, 3.05) is 25.1 Å². The van der Waals surface area contributed by atoms with Gasteiger partial charge in [0.1, 0.15) is 18.5 Å². The van der Waals surface area contributed by atoms with Crippen molar-refractivity contribution in [2.45, 2.75) is 19.1 Å². The Kier molecular flexibility index (Phi) is 6.35. The molecule has 0 radical (unpaired) electrons. The van der Waals surface area contributed by atoms with E-state index >= 15 is 0 Å². The predicted octanol–water partition coefficient (Wildman–Crippen LogP) is -0.332. The van der Waals surface area contributed by atoms with Crippen molar-refractivity contribution in [2.24, 2.45) is 14.1 Å².